The summed E-state index contributed by atoms with van der Waals surface area (Å²) in [6, 6.07) is 19.4. The number of benzene rings is 3. The molecule has 1 aliphatic heterocycles. The normalized spacial score (nSPS) is 14.8. The minimum atomic E-state index is -0.452. The van der Waals surface area contributed by atoms with E-state index >= 15 is 0 Å². The smallest absolute Gasteiger partial charge is 0.269 e. The van der Waals surface area contributed by atoms with Gasteiger partial charge < -0.3 is 0 Å². The van der Waals surface area contributed by atoms with Gasteiger partial charge in [0.25, 0.3) is 11.6 Å². The molecule has 3 aromatic rings. The highest BCUT2D eigenvalue weighted by Gasteiger charge is 2.30. The molecule has 0 aliphatic carbocycles. The molecule has 0 saturated carbocycles. The Kier molecular flexibility index (Phi) is 5.76. The van der Waals surface area contributed by atoms with Gasteiger partial charge in [-0.1, -0.05) is 41.4 Å². The van der Waals surface area contributed by atoms with Gasteiger partial charge in [0.15, 0.2) is 0 Å². The summed E-state index contributed by atoms with van der Waals surface area (Å²) in [5.74, 6) is -0.202. The first-order chi connectivity index (χ1) is 14.8. The predicted molar refractivity (Wildman–Crippen MR) is 127 cm³/mol. The maximum Gasteiger partial charge on any atom is 0.269 e. The van der Waals surface area contributed by atoms with E-state index in [1.165, 1.54) is 12.1 Å². The number of anilines is 1. The highest BCUT2D eigenvalue weighted by Crippen LogP contribution is 2.37. The standard InChI is InChI=1S/C24H16BrClN2O3/c1-15-2-6-17(7-3-15)23-13-18(12-16-4-8-19(9-5-16)28(30)31)24(29)27(23)20-10-11-21(25)22(26)14-20/h2-14H,1H3/b18-12+. The van der Waals surface area contributed by atoms with Crippen LogP contribution in [-0.2, 0) is 4.79 Å². The van der Waals surface area contributed by atoms with Crippen LogP contribution < -0.4 is 4.90 Å². The molecule has 0 unspecified atom stereocenters. The van der Waals surface area contributed by atoms with Crippen LogP contribution in [0.25, 0.3) is 11.8 Å². The Labute approximate surface area is 192 Å². The van der Waals surface area contributed by atoms with E-state index in [0.717, 1.165) is 21.3 Å². The molecule has 0 aromatic heterocycles. The van der Waals surface area contributed by atoms with E-state index < -0.39 is 4.92 Å². The molecule has 5 nitrogen and oxygen atoms in total. The Morgan fingerprint density at radius 1 is 1.03 bits per heavy atom. The molecule has 1 heterocycles. The number of nitrogens with zero attached hydrogens (tertiary/aromatic N) is 2. The van der Waals surface area contributed by atoms with Gasteiger partial charge in [0.1, 0.15) is 0 Å². The average molecular weight is 496 g/mol. The molecule has 3 aromatic carbocycles. The third-order valence-electron chi connectivity index (χ3n) is 4.92. The first-order valence-corrected chi connectivity index (χ1v) is 10.5. The molecule has 0 radical (unpaired) electrons. The fraction of sp³-hybridized carbons (Fsp3) is 0.0417. The average Bonchev–Trinajstić information content (AvgIpc) is 3.07. The second-order valence-electron chi connectivity index (χ2n) is 7.08. The quantitative estimate of drug-likeness (QED) is 0.227. The summed E-state index contributed by atoms with van der Waals surface area (Å²) >= 11 is 9.67. The number of nitro groups is 1. The van der Waals surface area contributed by atoms with E-state index in [1.807, 2.05) is 43.3 Å². The van der Waals surface area contributed by atoms with Crippen molar-refractivity contribution in [2.24, 2.45) is 0 Å². The number of nitro benzene ring substituents is 1. The van der Waals surface area contributed by atoms with Gasteiger partial charge in [-0.15, -0.1) is 0 Å². The Hall–Kier alpha value is -3.22. The van der Waals surface area contributed by atoms with Crippen LogP contribution in [0.1, 0.15) is 16.7 Å². The molecule has 1 aliphatic rings. The lowest BCUT2D eigenvalue weighted by atomic mass is 10.1. The van der Waals surface area contributed by atoms with E-state index in [-0.39, 0.29) is 11.6 Å². The fourth-order valence-corrected chi connectivity index (χ4v) is 3.73. The Morgan fingerprint density at radius 3 is 2.32 bits per heavy atom. The van der Waals surface area contributed by atoms with Crippen LogP contribution in [-0.4, -0.2) is 10.8 Å². The van der Waals surface area contributed by atoms with Gasteiger partial charge in [0.2, 0.25) is 0 Å². The molecule has 154 valence electrons. The lowest BCUT2D eigenvalue weighted by Gasteiger charge is -2.21. The van der Waals surface area contributed by atoms with Gasteiger partial charge in [-0.3, -0.25) is 19.8 Å². The summed E-state index contributed by atoms with van der Waals surface area (Å²) in [4.78, 5) is 25.4. The minimum absolute atomic E-state index is 0.00177. The molecule has 0 N–H and O–H groups in total. The van der Waals surface area contributed by atoms with Crippen LogP contribution in [0.3, 0.4) is 0 Å². The van der Waals surface area contributed by atoms with Gasteiger partial charge in [0.05, 0.1) is 21.3 Å². The molecule has 0 spiro atoms. The van der Waals surface area contributed by atoms with Gasteiger partial charge in [-0.05, 0) is 76.5 Å². The maximum absolute atomic E-state index is 13.4. The minimum Gasteiger partial charge on any atom is -0.276 e. The van der Waals surface area contributed by atoms with Crippen molar-refractivity contribution < 1.29 is 9.72 Å². The predicted octanol–water partition coefficient (Wildman–Crippen LogP) is 6.79. The largest absolute Gasteiger partial charge is 0.276 e. The number of carbonyl (C=O) groups is 1. The molecule has 0 fully saturated rings. The highest BCUT2D eigenvalue weighted by molar-refractivity contribution is 9.10. The van der Waals surface area contributed by atoms with Gasteiger partial charge in [-0.25, -0.2) is 0 Å². The number of aryl methyl sites for hydroxylation is 1. The molecular weight excluding hydrogens is 480 g/mol. The Balaban J connectivity index is 1.80. The lowest BCUT2D eigenvalue weighted by molar-refractivity contribution is -0.384. The van der Waals surface area contributed by atoms with Crippen molar-refractivity contribution in [1.82, 2.24) is 0 Å². The van der Waals surface area contributed by atoms with Crippen molar-refractivity contribution in [3.05, 3.63) is 115 Å². The molecule has 7 heteroatoms. The Bertz CT molecular complexity index is 1250. The van der Waals surface area contributed by atoms with Crippen molar-refractivity contribution >= 4 is 56.6 Å². The number of amides is 1. The fourth-order valence-electron chi connectivity index (χ4n) is 3.30. The van der Waals surface area contributed by atoms with Crippen molar-refractivity contribution in [1.29, 1.82) is 0 Å². The SMILES string of the molecule is Cc1ccc(C2=C/C(=C\c3ccc([N+](=O)[O-])cc3)C(=O)N2c2ccc(Br)c(Cl)c2)cc1. The van der Waals surface area contributed by atoms with Gasteiger partial charge >= 0.3 is 0 Å². The number of non-ortho nitro benzene ring substituents is 1. The number of hydrogen-bond acceptors (Lipinski definition) is 3. The number of halogens is 2. The molecule has 0 atom stereocenters. The van der Waals surface area contributed by atoms with Crippen molar-refractivity contribution in [2.45, 2.75) is 6.92 Å². The monoisotopic (exact) mass is 494 g/mol. The van der Waals surface area contributed by atoms with E-state index in [2.05, 4.69) is 15.9 Å². The van der Waals surface area contributed by atoms with Crippen molar-refractivity contribution in [2.75, 3.05) is 4.90 Å². The number of rotatable bonds is 4. The highest BCUT2D eigenvalue weighted by atomic mass is 79.9. The van der Waals surface area contributed by atoms with E-state index in [4.69, 9.17) is 11.6 Å². The van der Waals surface area contributed by atoms with Crippen LogP contribution in [0, 0.1) is 17.0 Å². The maximum atomic E-state index is 13.4. The number of carbonyl (C=O) groups excluding carboxylic acids is 1. The molecule has 0 saturated heterocycles. The van der Waals surface area contributed by atoms with Crippen LogP contribution in [0.2, 0.25) is 5.02 Å². The zero-order chi connectivity index (χ0) is 22.1. The molecule has 31 heavy (non-hydrogen) atoms. The van der Waals surface area contributed by atoms with Gasteiger partial charge in [0, 0.05) is 22.2 Å². The summed E-state index contributed by atoms with van der Waals surface area (Å²) in [6.07, 6.45) is 3.55. The second-order valence-corrected chi connectivity index (χ2v) is 8.34. The first kappa shape index (κ1) is 21.0. The molecule has 4 rings (SSSR count). The Morgan fingerprint density at radius 2 is 1.71 bits per heavy atom. The van der Waals surface area contributed by atoms with Crippen LogP contribution >= 0.6 is 27.5 Å². The topological polar surface area (TPSA) is 63.5 Å². The van der Waals surface area contributed by atoms with Crippen LogP contribution in [0.15, 0.2) is 82.9 Å². The van der Waals surface area contributed by atoms with Crippen LogP contribution in [0.5, 0.6) is 0 Å². The zero-order valence-electron chi connectivity index (χ0n) is 16.4. The second kappa shape index (κ2) is 8.49. The molecule has 0 bridgehead atoms. The van der Waals surface area contributed by atoms with E-state index in [1.54, 1.807) is 35.2 Å². The number of hydrogen-bond donors (Lipinski definition) is 0. The van der Waals surface area contributed by atoms with Crippen LogP contribution in [0.4, 0.5) is 11.4 Å². The molecule has 1 amide bonds. The van der Waals surface area contributed by atoms with Crippen molar-refractivity contribution in [3.63, 3.8) is 0 Å². The van der Waals surface area contributed by atoms with E-state index in [0.29, 0.717) is 21.8 Å². The lowest BCUT2D eigenvalue weighted by Crippen LogP contribution is -2.25. The van der Waals surface area contributed by atoms with E-state index in [9.17, 15) is 14.9 Å². The van der Waals surface area contributed by atoms with Crippen molar-refractivity contribution in [3.8, 4) is 0 Å². The summed E-state index contributed by atoms with van der Waals surface area (Å²) in [5.41, 5.74) is 4.57. The molecular formula is C24H16BrClN2O3. The first-order valence-electron chi connectivity index (χ1n) is 9.38. The summed E-state index contributed by atoms with van der Waals surface area (Å²) < 4.78 is 0.743. The summed E-state index contributed by atoms with van der Waals surface area (Å²) in [5, 5.41) is 11.4. The summed E-state index contributed by atoms with van der Waals surface area (Å²) in [6.45, 7) is 2.00. The zero-order valence-corrected chi connectivity index (χ0v) is 18.7. The van der Waals surface area contributed by atoms with Gasteiger partial charge in [-0.2, -0.15) is 0 Å². The third-order valence-corrected chi connectivity index (χ3v) is 6.15. The third kappa shape index (κ3) is 4.31. The summed E-state index contributed by atoms with van der Waals surface area (Å²) in [7, 11) is 0.